The van der Waals surface area contributed by atoms with E-state index in [1.54, 1.807) is 12.1 Å². The number of unbranched alkanes of at least 4 members (excludes halogenated alkanes) is 1. The Morgan fingerprint density at radius 1 is 0.818 bits per heavy atom. The largest absolute Gasteiger partial charge is 1.00 e. The number of benzene rings is 3. The van der Waals surface area contributed by atoms with Gasteiger partial charge < -0.3 is 14.8 Å². The summed E-state index contributed by atoms with van der Waals surface area (Å²) in [5.41, 5.74) is 4.22. The fraction of sp³-hybridized carbons (Fsp3) is 0.286. The Hall–Kier alpha value is -2.40. The van der Waals surface area contributed by atoms with Crippen LogP contribution in [-0.2, 0) is 17.8 Å². The summed E-state index contributed by atoms with van der Waals surface area (Å²) in [4.78, 5) is 26.0. The zero-order chi connectivity index (χ0) is 22.8. The first-order valence-electron chi connectivity index (χ1n) is 11.3. The van der Waals surface area contributed by atoms with Gasteiger partial charge in [0.05, 0.1) is 5.97 Å². The standard InChI is InChI=1S/C28H31NO3.Na/c1-2-3-17-27(30)29(18-9-13-22-10-5-4-6-11-22)21-23-12-7-14-24(19-23)25-15-8-16-26(20-25)28(31)32;/h4-8,10-12,14-16,19-20H,2-3,9,13,17-18,21H2,1H3,(H,31,32);/q;+1/p-1. The molecule has 3 aromatic carbocycles. The van der Waals surface area contributed by atoms with Crippen molar-refractivity contribution in [3.8, 4) is 11.1 Å². The van der Waals surface area contributed by atoms with Crippen molar-refractivity contribution in [2.45, 2.75) is 45.6 Å². The second kappa shape index (κ2) is 14.0. The molecule has 0 atom stereocenters. The van der Waals surface area contributed by atoms with Crippen LogP contribution in [0, 0.1) is 0 Å². The summed E-state index contributed by atoms with van der Waals surface area (Å²) in [6, 6.07) is 25.1. The van der Waals surface area contributed by atoms with Crippen LogP contribution in [0.15, 0.2) is 78.9 Å². The van der Waals surface area contributed by atoms with E-state index in [0.717, 1.165) is 42.4 Å². The van der Waals surface area contributed by atoms with Crippen molar-refractivity contribution in [2.24, 2.45) is 0 Å². The second-order valence-electron chi connectivity index (χ2n) is 8.08. The Labute approximate surface area is 218 Å². The molecule has 0 unspecified atom stereocenters. The quantitative estimate of drug-likeness (QED) is 0.418. The number of carbonyl (C=O) groups excluding carboxylic acids is 2. The van der Waals surface area contributed by atoms with E-state index in [0.29, 0.717) is 19.5 Å². The van der Waals surface area contributed by atoms with Gasteiger partial charge in [0.1, 0.15) is 0 Å². The molecule has 166 valence electrons. The molecule has 0 radical (unpaired) electrons. The number of aromatic carboxylic acids is 1. The van der Waals surface area contributed by atoms with Crippen LogP contribution >= 0.6 is 0 Å². The molecule has 4 nitrogen and oxygen atoms in total. The molecule has 0 aromatic heterocycles. The van der Waals surface area contributed by atoms with E-state index >= 15 is 0 Å². The summed E-state index contributed by atoms with van der Waals surface area (Å²) in [6.07, 6.45) is 4.30. The summed E-state index contributed by atoms with van der Waals surface area (Å²) in [7, 11) is 0. The van der Waals surface area contributed by atoms with Gasteiger partial charge in [0.15, 0.2) is 0 Å². The van der Waals surface area contributed by atoms with Crippen LogP contribution in [0.4, 0.5) is 0 Å². The summed E-state index contributed by atoms with van der Waals surface area (Å²) >= 11 is 0. The fourth-order valence-corrected chi connectivity index (χ4v) is 3.79. The van der Waals surface area contributed by atoms with Gasteiger partial charge in [0.25, 0.3) is 0 Å². The Morgan fingerprint density at radius 2 is 1.48 bits per heavy atom. The van der Waals surface area contributed by atoms with Crippen molar-refractivity contribution in [1.82, 2.24) is 4.90 Å². The van der Waals surface area contributed by atoms with Crippen molar-refractivity contribution in [2.75, 3.05) is 6.54 Å². The van der Waals surface area contributed by atoms with Crippen molar-refractivity contribution < 1.29 is 44.3 Å². The topological polar surface area (TPSA) is 60.4 Å². The van der Waals surface area contributed by atoms with Gasteiger partial charge in [-0.05, 0) is 59.2 Å². The average Bonchev–Trinajstić information content (AvgIpc) is 2.83. The molecule has 0 fully saturated rings. The van der Waals surface area contributed by atoms with E-state index in [4.69, 9.17) is 0 Å². The maximum absolute atomic E-state index is 12.9. The third kappa shape index (κ3) is 8.47. The van der Waals surface area contributed by atoms with E-state index in [9.17, 15) is 14.7 Å². The molecule has 0 N–H and O–H groups in total. The molecular formula is C28H30NNaO3. The monoisotopic (exact) mass is 451 g/mol. The molecule has 3 aromatic rings. The van der Waals surface area contributed by atoms with Gasteiger partial charge in [-0.15, -0.1) is 0 Å². The first-order chi connectivity index (χ1) is 15.6. The van der Waals surface area contributed by atoms with Crippen LogP contribution in [0.5, 0.6) is 0 Å². The van der Waals surface area contributed by atoms with Gasteiger partial charge in [-0.3, -0.25) is 4.79 Å². The Bertz CT molecular complexity index is 1040. The van der Waals surface area contributed by atoms with Crippen LogP contribution in [0.1, 0.15) is 54.1 Å². The minimum Gasteiger partial charge on any atom is -0.545 e. The molecule has 0 aliphatic heterocycles. The van der Waals surface area contributed by atoms with Crippen LogP contribution in [0.2, 0.25) is 0 Å². The summed E-state index contributed by atoms with van der Waals surface area (Å²) in [5.74, 6) is -1.00. The number of hydrogen-bond donors (Lipinski definition) is 0. The second-order valence-corrected chi connectivity index (χ2v) is 8.08. The zero-order valence-corrected chi connectivity index (χ0v) is 21.6. The third-order valence-corrected chi connectivity index (χ3v) is 5.57. The predicted molar refractivity (Wildman–Crippen MR) is 126 cm³/mol. The number of carbonyl (C=O) groups is 2. The Morgan fingerprint density at radius 3 is 2.18 bits per heavy atom. The number of nitrogens with zero attached hydrogens (tertiary/aromatic N) is 1. The molecule has 0 spiro atoms. The minimum absolute atomic E-state index is 0. The molecule has 5 heteroatoms. The third-order valence-electron chi connectivity index (χ3n) is 5.57. The van der Waals surface area contributed by atoms with E-state index in [2.05, 4.69) is 19.1 Å². The average molecular weight is 452 g/mol. The van der Waals surface area contributed by atoms with E-state index in [-0.39, 0.29) is 41.0 Å². The SMILES string of the molecule is CCCCC(=O)N(CCCc1ccccc1)Cc1cccc(-c2cccc(C(=O)[O-])c2)c1.[Na+]. The van der Waals surface area contributed by atoms with E-state index < -0.39 is 5.97 Å². The molecule has 0 saturated heterocycles. The Kier molecular flexibility index (Phi) is 11.4. The molecule has 0 aliphatic rings. The van der Waals surface area contributed by atoms with Crippen molar-refractivity contribution in [3.05, 3.63) is 95.6 Å². The zero-order valence-electron chi connectivity index (χ0n) is 19.6. The van der Waals surface area contributed by atoms with Crippen molar-refractivity contribution in [3.63, 3.8) is 0 Å². The number of amides is 1. The van der Waals surface area contributed by atoms with Gasteiger partial charge in [0.2, 0.25) is 5.91 Å². The first-order valence-corrected chi connectivity index (χ1v) is 11.3. The fourth-order valence-electron chi connectivity index (χ4n) is 3.79. The molecular weight excluding hydrogens is 421 g/mol. The smallest absolute Gasteiger partial charge is 0.545 e. The van der Waals surface area contributed by atoms with Crippen LogP contribution in [-0.4, -0.2) is 23.3 Å². The molecule has 1 amide bonds. The predicted octanol–water partition coefficient (Wildman–Crippen LogP) is 1.87. The van der Waals surface area contributed by atoms with Crippen LogP contribution < -0.4 is 34.7 Å². The van der Waals surface area contributed by atoms with Gasteiger partial charge in [-0.1, -0.05) is 80.1 Å². The van der Waals surface area contributed by atoms with Gasteiger partial charge in [0, 0.05) is 19.5 Å². The summed E-state index contributed by atoms with van der Waals surface area (Å²) in [5, 5.41) is 11.2. The summed E-state index contributed by atoms with van der Waals surface area (Å²) < 4.78 is 0. The van der Waals surface area contributed by atoms with Crippen LogP contribution in [0.3, 0.4) is 0 Å². The van der Waals surface area contributed by atoms with E-state index in [1.807, 2.05) is 53.4 Å². The Balaban J connectivity index is 0.00000385. The molecule has 0 saturated carbocycles. The molecule has 33 heavy (non-hydrogen) atoms. The van der Waals surface area contributed by atoms with Gasteiger partial charge in [-0.2, -0.15) is 0 Å². The maximum Gasteiger partial charge on any atom is 1.00 e. The number of rotatable bonds is 11. The van der Waals surface area contributed by atoms with Gasteiger partial charge in [-0.25, -0.2) is 0 Å². The number of carboxylic acids is 1. The number of carboxylic acid groups (broad SMARTS) is 1. The van der Waals surface area contributed by atoms with Crippen LogP contribution in [0.25, 0.3) is 11.1 Å². The molecule has 0 aliphatic carbocycles. The molecule has 0 bridgehead atoms. The molecule has 0 heterocycles. The molecule has 3 rings (SSSR count). The number of hydrogen-bond acceptors (Lipinski definition) is 3. The maximum atomic E-state index is 12.9. The van der Waals surface area contributed by atoms with Gasteiger partial charge >= 0.3 is 29.6 Å². The summed E-state index contributed by atoms with van der Waals surface area (Å²) in [6.45, 7) is 3.35. The first kappa shape index (κ1) is 26.8. The minimum atomic E-state index is -1.19. The normalized spacial score (nSPS) is 10.3. The van der Waals surface area contributed by atoms with Crippen molar-refractivity contribution in [1.29, 1.82) is 0 Å². The van der Waals surface area contributed by atoms with Crippen molar-refractivity contribution >= 4 is 11.9 Å². The van der Waals surface area contributed by atoms with E-state index in [1.165, 1.54) is 11.6 Å². The number of aryl methyl sites for hydroxylation is 1.